The van der Waals surface area contributed by atoms with Crippen molar-refractivity contribution in [2.75, 3.05) is 39.3 Å². The summed E-state index contributed by atoms with van der Waals surface area (Å²) in [5.41, 5.74) is 0. The van der Waals surface area contributed by atoms with Crippen molar-refractivity contribution >= 4 is 29.3 Å². The molecule has 0 unspecified atom stereocenters. The summed E-state index contributed by atoms with van der Waals surface area (Å²) in [7, 11) is 0. The van der Waals surface area contributed by atoms with Crippen LogP contribution in [0.25, 0.3) is 0 Å². The molecule has 0 radical (unpaired) electrons. The zero-order valence-electron chi connectivity index (χ0n) is 17.6. The van der Waals surface area contributed by atoms with E-state index in [2.05, 4.69) is 42.8 Å². The van der Waals surface area contributed by atoms with Crippen molar-refractivity contribution in [2.24, 2.45) is 0 Å². The first-order valence-electron chi connectivity index (χ1n) is 9.63. The van der Waals surface area contributed by atoms with Gasteiger partial charge < -0.3 is 30.1 Å². The smallest absolute Gasteiger partial charge is 0.414 e. The molecule has 0 bridgehead atoms. The number of carboxylic acids is 2. The van der Waals surface area contributed by atoms with Gasteiger partial charge in [-0.1, -0.05) is 32.0 Å². The van der Waals surface area contributed by atoms with Crippen LogP contribution < -0.4 is 10.1 Å². The fourth-order valence-electron chi connectivity index (χ4n) is 2.34. The summed E-state index contributed by atoms with van der Waals surface area (Å²) in [6.45, 7) is 14.1. The molecule has 0 aliphatic heterocycles. The van der Waals surface area contributed by atoms with Crippen molar-refractivity contribution < 1.29 is 24.5 Å². The van der Waals surface area contributed by atoms with Gasteiger partial charge in [0.05, 0.1) is 6.54 Å². The van der Waals surface area contributed by atoms with Crippen molar-refractivity contribution in [1.29, 1.82) is 0 Å². The number of hydrogen-bond acceptors (Lipinski definition) is 5. The van der Waals surface area contributed by atoms with Gasteiger partial charge in [0.2, 0.25) is 0 Å². The van der Waals surface area contributed by atoms with Crippen LogP contribution in [0, 0.1) is 0 Å². The Bertz CT molecular complexity index is 597. The number of aliphatic carboxylic acids is 2. The van der Waals surface area contributed by atoms with Gasteiger partial charge in [-0.25, -0.2) is 9.59 Å². The number of likely N-dealkylation sites (N-methyl/N-ethyl adjacent to an activating group) is 1. The van der Waals surface area contributed by atoms with Crippen LogP contribution in [0.2, 0.25) is 0 Å². The molecule has 0 saturated carbocycles. The first kappa shape index (κ1) is 26.6. The maximum absolute atomic E-state index is 9.10. The molecule has 0 aliphatic rings. The molecule has 0 heterocycles. The molecule has 0 aliphatic carbocycles. The lowest BCUT2D eigenvalue weighted by atomic mass is 10.3. The minimum atomic E-state index is -1.82. The summed E-state index contributed by atoms with van der Waals surface area (Å²) in [6.07, 6.45) is 0. The molecule has 0 aromatic heterocycles. The summed E-state index contributed by atoms with van der Waals surface area (Å²) in [4.78, 5) is 22.8. The fraction of sp³-hybridized carbons (Fsp3) is 0.550. The lowest BCUT2D eigenvalue weighted by molar-refractivity contribution is -0.159. The van der Waals surface area contributed by atoms with E-state index in [9.17, 15) is 0 Å². The molecule has 1 aromatic carbocycles. The summed E-state index contributed by atoms with van der Waals surface area (Å²) in [5.74, 6) is -2.75. The molecule has 0 spiro atoms. The highest BCUT2D eigenvalue weighted by molar-refractivity contribution is 7.80. The Kier molecular flexibility index (Phi) is 14.2. The van der Waals surface area contributed by atoms with E-state index in [-0.39, 0.29) is 0 Å². The van der Waals surface area contributed by atoms with Gasteiger partial charge in [0.25, 0.3) is 0 Å². The van der Waals surface area contributed by atoms with Crippen LogP contribution in [0.4, 0.5) is 0 Å². The minimum absolute atomic E-state index is 0.350. The van der Waals surface area contributed by atoms with Crippen LogP contribution in [0.3, 0.4) is 0 Å². The van der Waals surface area contributed by atoms with E-state index in [1.807, 2.05) is 30.3 Å². The number of rotatable bonds is 10. The first-order chi connectivity index (χ1) is 13.7. The summed E-state index contributed by atoms with van der Waals surface area (Å²) >= 11 is 5.55. The molecule has 0 amide bonds. The van der Waals surface area contributed by atoms with Gasteiger partial charge in [-0.15, -0.1) is 0 Å². The number of hydrogen-bond donors (Lipinski definition) is 3. The van der Waals surface area contributed by atoms with Crippen molar-refractivity contribution in [3.8, 4) is 5.75 Å². The predicted molar refractivity (Wildman–Crippen MR) is 117 cm³/mol. The normalized spacial score (nSPS) is 10.1. The fourth-order valence-corrected chi connectivity index (χ4v) is 2.74. The second kappa shape index (κ2) is 15.5. The van der Waals surface area contributed by atoms with Crippen LogP contribution >= 0.6 is 12.2 Å². The number of benzene rings is 1. The third kappa shape index (κ3) is 12.6. The average molecular weight is 428 g/mol. The Balaban J connectivity index is 0.00000113. The Morgan fingerprint density at radius 2 is 1.62 bits per heavy atom. The van der Waals surface area contributed by atoms with E-state index in [0.717, 1.165) is 43.6 Å². The second-order valence-corrected chi connectivity index (χ2v) is 6.70. The van der Waals surface area contributed by atoms with Crippen molar-refractivity contribution in [1.82, 2.24) is 15.1 Å². The number of thiocarbonyl (C=S) groups is 1. The number of carboxylic acid groups (broad SMARTS) is 2. The van der Waals surface area contributed by atoms with E-state index in [0.29, 0.717) is 12.6 Å². The lowest BCUT2D eigenvalue weighted by Gasteiger charge is -2.30. The molecule has 1 aromatic rings. The molecule has 29 heavy (non-hydrogen) atoms. The highest BCUT2D eigenvalue weighted by Crippen LogP contribution is 2.08. The molecule has 0 saturated heterocycles. The zero-order chi connectivity index (χ0) is 22.2. The molecule has 0 atom stereocenters. The van der Waals surface area contributed by atoms with E-state index in [4.69, 9.17) is 36.8 Å². The van der Waals surface area contributed by atoms with Gasteiger partial charge in [-0.05, 0) is 51.3 Å². The number of carbonyl (C=O) groups is 2. The Morgan fingerprint density at radius 3 is 2.07 bits per heavy atom. The monoisotopic (exact) mass is 427 g/mol. The molecule has 1 rings (SSSR count). The largest absolute Gasteiger partial charge is 0.492 e. The molecule has 3 N–H and O–H groups in total. The van der Waals surface area contributed by atoms with Crippen molar-refractivity contribution in [2.45, 2.75) is 33.7 Å². The number of para-hydroxylation sites is 1. The van der Waals surface area contributed by atoms with Crippen LogP contribution in [0.5, 0.6) is 5.75 Å². The van der Waals surface area contributed by atoms with Gasteiger partial charge in [0.15, 0.2) is 5.11 Å². The average Bonchev–Trinajstić information content (AvgIpc) is 2.69. The number of nitrogens with zero attached hydrogens (tertiary/aromatic N) is 2. The number of ether oxygens (including phenoxy) is 1. The second-order valence-electron chi connectivity index (χ2n) is 6.32. The van der Waals surface area contributed by atoms with Crippen LogP contribution in [0.1, 0.15) is 27.7 Å². The Morgan fingerprint density at radius 1 is 1.07 bits per heavy atom. The lowest BCUT2D eigenvalue weighted by Crippen LogP contribution is -2.47. The standard InChI is InChI=1S/C18H31N3OS.C2H2O4/c1-5-20(6-2)13-12-19-18(23)21(16(3)4)14-15-22-17-10-8-7-9-11-17;3-1(4)2(5)6/h7-11,16H,5-6,12-15H2,1-4H3,(H,19,23);(H,3,4)(H,5,6). The van der Waals surface area contributed by atoms with Gasteiger partial charge >= 0.3 is 11.9 Å². The van der Waals surface area contributed by atoms with Gasteiger partial charge in [0, 0.05) is 19.1 Å². The maximum Gasteiger partial charge on any atom is 0.414 e. The topological polar surface area (TPSA) is 102 Å². The molecule has 9 heteroatoms. The molecule has 0 fully saturated rings. The van der Waals surface area contributed by atoms with Gasteiger partial charge in [-0.2, -0.15) is 0 Å². The van der Waals surface area contributed by atoms with Crippen molar-refractivity contribution in [3.05, 3.63) is 30.3 Å². The third-order valence-electron chi connectivity index (χ3n) is 4.01. The SMILES string of the molecule is CCN(CC)CCNC(=S)N(CCOc1ccccc1)C(C)C.O=C(O)C(=O)O. The minimum Gasteiger partial charge on any atom is -0.492 e. The van der Waals surface area contributed by atoms with E-state index >= 15 is 0 Å². The molecule has 8 nitrogen and oxygen atoms in total. The van der Waals surface area contributed by atoms with Crippen molar-refractivity contribution in [3.63, 3.8) is 0 Å². The molecular weight excluding hydrogens is 394 g/mol. The predicted octanol–water partition coefficient (Wildman–Crippen LogP) is 2.15. The van der Waals surface area contributed by atoms with E-state index in [1.54, 1.807) is 0 Å². The quantitative estimate of drug-likeness (QED) is 0.383. The summed E-state index contributed by atoms with van der Waals surface area (Å²) in [6, 6.07) is 10.2. The van der Waals surface area contributed by atoms with Crippen LogP contribution in [-0.2, 0) is 9.59 Å². The zero-order valence-corrected chi connectivity index (χ0v) is 18.4. The van der Waals surface area contributed by atoms with Gasteiger partial charge in [0.1, 0.15) is 12.4 Å². The summed E-state index contributed by atoms with van der Waals surface area (Å²) < 4.78 is 5.78. The van der Waals surface area contributed by atoms with Crippen LogP contribution in [-0.4, -0.2) is 82.4 Å². The maximum atomic E-state index is 9.10. The first-order valence-corrected chi connectivity index (χ1v) is 10.0. The van der Waals surface area contributed by atoms with Gasteiger partial charge in [-0.3, -0.25) is 0 Å². The van der Waals surface area contributed by atoms with E-state index in [1.165, 1.54) is 0 Å². The third-order valence-corrected chi connectivity index (χ3v) is 4.39. The van der Waals surface area contributed by atoms with Crippen LogP contribution in [0.15, 0.2) is 30.3 Å². The Labute approximate surface area is 178 Å². The van der Waals surface area contributed by atoms with E-state index < -0.39 is 11.9 Å². The Hall–Kier alpha value is -2.39. The molecular formula is C20H33N3O5S. The number of nitrogens with one attached hydrogen (secondary N) is 1. The molecule has 164 valence electrons. The highest BCUT2D eigenvalue weighted by atomic mass is 32.1. The highest BCUT2D eigenvalue weighted by Gasteiger charge is 2.13. The summed E-state index contributed by atoms with van der Waals surface area (Å²) in [5, 5.41) is 19.0.